The molecule has 0 aliphatic heterocycles. The highest BCUT2D eigenvalue weighted by atomic mass is 16.5. The number of benzene rings is 2. The lowest BCUT2D eigenvalue weighted by atomic mass is 10.1. The van der Waals surface area contributed by atoms with Crippen molar-refractivity contribution in [2.75, 3.05) is 25.6 Å². The first kappa shape index (κ1) is 21.0. The Hall–Kier alpha value is -3.35. The third-order valence-electron chi connectivity index (χ3n) is 4.20. The van der Waals surface area contributed by atoms with Crippen molar-refractivity contribution in [3.05, 3.63) is 59.2 Å². The van der Waals surface area contributed by atoms with Gasteiger partial charge in [0, 0.05) is 5.69 Å². The van der Waals surface area contributed by atoms with E-state index in [9.17, 15) is 14.4 Å². The lowest BCUT2D eigenvalue weighted by molar-refractivity contribution is -0.147. The van der Waals surface area contributed by atoms with Crippen molar-refractivity contribution in [2.45, 2.75) is 20.3 Å². The van der Waals surface area contributed by atoms with Gasteiger partial charge < -0.3 is 20.1 Å². The Labute approximate surface area is 164 Å². The summed E-state index contributed by atoms with van der Waals surface area (Å²) in [5.41, 5.74) is 3.48. The van der Waals surface area contributed by atoms with Crippen LogP contribution in [0.4, 0.5) is 5.69 Å². The minimum Gasteiger partial charge on any atom is -0.497 e. The summed E-state index contributed by atoms with van der Waals surface area (Å²) in [4.78, 5) is 35.6. The highest BCUT2D eigenvalue weighted by molar-refractivity contribution is 5.95. The number of aryl methyl sites for hydroxylation is 1. The Morgan fingerprint density at radius 2 is 1.68 bits per heavy atom. The molecule has 148 valence electrons. The molecule has 2 aromatic carbocycles. The molecule has 7 heteroatoms. The van der Waals surface area contributed by atoms with E-state index in [1.807, 2.05) is 26.0 Å². The normalized spacial score (nSPS) is 10.1. The summed E-state index contributed by atoms with van der Waals surface area (Å²) in [7, 11) is 1.56. The van der Waals surface area contributed by atoms with Crippen molar-refractivity contribution < 1.29 is 23.9 Å². The van der Waals surface area contributed by atoms with Gasteiger partial charge in [-0.05, 0) is 48.7 Å². The van der Waals surface area contributed by atoms with Gasteiger partial charge in [0.2, 0.25) is 5.91 Å². The fraction of sp³-hybridized carbons (Fsp3) is 0.286. The van der Waals surface area contributed by atoms with Crippen LogP contribution in [0.3, 0.4) is 0 Å². The Kier molecular flexibility index (Phi) is 7.56. The fourth-order valence-corrected chi connectivity index (χ4v) is 2.42. The zero-order valence-corrected chi connectivity index (χ0v) is 16.2. The number of hydrogen-bond acceptors (Lipinski definition) is 5. The first-order valence-electron chi connectivity index (χ1n) is 8.80. The van der Waals surface area contributed by atoms with Crippen LogP contribution < -0.4 is 15.4 Å². The molecule has 0 aliphatic rings. The van der Waals surface area contributed by atoms with Gasteiger partial charge in [-0.15, -0.1) is 0 Å². The molecule has 0 atom stereocenters. The zero-order chi connectivity index (χ0) is 20.5. The summed E-state index contributed by atoms with van der Waals surface area (Å²) >= 11 is 0. The first-order valence-corrected chi connectivity index (χ1v) is 8.80. The van der Waals surface area contributed by atoms with Gasteiger partial charge in [0.25, 0.3) is 5.91 Å². The molecule has 0 saturated carbocycles. The van der Waals surface area contributed by atoms with Crippen LogP contribution in [0.2, 0.25) is 0 Å². The quantitative estimate of drug-likeness (QED) is 0.680. The van der Waals surface area contributed by atoms with Crippen LogP contribution in [-0.4, -0.2) is 38.0 Å². The number of carbonyl (C=O) groups is 3. The molecule has 0 bridgehead atoms. The number of methoxy groups -OCH3 is 1. The first-order chi connectivity index (χ1) is 13.4. The maximum absolute atomic E-state index is 12.0. The maximum atomic E-state index is 12.0. The third-order valence-corrected chi connectivity index (χ3v) is 4.20. The van der Waals surface area contributed by atoms with E-state index >= 15 is 0 Å². The second kappa shape index (κ2) is 10.1. The molecular formula is C21H24N2O5. The van der Waals surface area contributed by atoms with Crippen LogP contribution in [-0.2, 0) is 25.5 Å². The average Bonchev–Trinajstić information content (AvgIpc) is 2.69. The Morgan fingerprint density at radius 3 is 2.36 bits per heavy atom. The largest absolute Gasteiger partial charge is 0.497 e. The molecule has 0 radical (unpaired) electrons. The van der Waals surface area contributed by atoms with Crippen LogP contribution in [0, 0.1) is 13.8 Å². The smallest absolute Gasteiger partial charge is 0.310 e. The number of esters is 1. The molecule has 0 fully saturated rings. The molecule has 7 nitrogen and oxygen atoms in total. The maximum Gasteiger partial charge on any atom is 0.310 e. The number of rotatable bonds is 8. The lowest BCUT2D eigenvalue weighted by Crippen LogP contribution is -2.35. The number of amides is 2. The van der Waals surface area contributed by atoms with Gasteiger partial charge in [-0.1, -0.05) is 24.3 Å². The molecule has 0 saturated heterocycles. The van der Waals surface area contributed by atoms with Gasteiger partial charge >= 0.3 is 5.97 Å². The Bertz CT molecular complexity index is 846. The van der Waals surface area contributed by atoms with Gasteiger partial charge in [0.05, 0.1) is 20.1 Å². The number of carbonyl (C=O) groups excluding carboxylic acids is 3. The zero-order valence-electron chi connectivity index (χ0n) is 16.2. The van der Waals surface area contributed by atoms with Gasteiger partial charge in [-0.25, -0.2) is 0 Å². The minimum atomic E-state index is -0.542. The Balaban J connectivity index is 1.70. The van der Waals surface area contributed by atoms with Crippen LogP contribution in [0.1, 0.15) is 16.7 Å². The van der Waals surface area contributed by atoms with E-state index in [2.05, 4.69) is 10.6 Å². The van der Waals surface area contributed by atoms with Gasteiger partial charge in [0.1, 0.15) is 5.75 Å². The van der Waals surface area contributed by atoms with Crippen molar-refractivity contribution >= 4 is 23.5 Å². The summed E-state index contributed by atoms with van der Waals surface area (Å²) in [6, 6.07) is 12.6. The molecule has 2 aromatic rings. The van der Waals surface area contributed by atoms with Crippen LogP contribution in [0.25, 0.3) is 0 Å². The molecule has 2 rings (SSSR count). The van der Waals surface area contributed by atoms with Gasteiger partial charge in [-0.2, -0.15) is 0 Å². The molecular weight excluding hydrogens is 360 g/mol. The van der Waals surface area contributed by atoms with Crippen molar-refractivity contribution in [2.24, 2.45) is 0 Å². The Morgan fingerprint density at radius 1 is 0.964 bits per heavy atom. The van der Waals surface area contributed by atoms with Crippen LogP contribution in [0.5, 0.6) is 5.75 Å². The van der Waals surface area contributed by atoms with Crippen molar-refractivity contribution in [1.29, 1.82) is 0 Å². The van der Waals surface area contributed by atoms with Gasteiger partial charge in [0.15, 0.2) is 6.61 Å². The summed E-state index contributed by atoms with van der Waals surface area (Å²) in [5, 5.41) is 5.17. The topological polar surface area (TPSA) is 93.7 Å². The monoisotopic (exact) mass is 384 g/mol. The molecule has 0 heterocycles. The number of anilines is 1. The highest BCUT2D eigenvalue weighted by Crippen LogP contribution is 2.17. The summed E-state index contributed by atoms with van der Waals surface area (Å²) in [6.45, 7) is 3.22. The predicted octanol–water partition coefficient (Wildman–Crippen LogP) is 2.15. The molecule has 28 heavy (non-hydrogen) atoms. The molecule has 0 aromatic heterocycles. The van der Waals surface area contributed by atoms with E-state index in [1.54, 1.807) is 37.4 Å². The highest BCUT2D eigenvalue weighted by Gasteiger charge is 2.11. The van der Waals surface area contributed by atoms with Crippen LogP contribution >= 0.6 is 0 Å². The van der Waals surface area contributed by atoms with Crippen molar-refractivity contribution in [3.63, 3.8) is 0 Å². The summed E-state index contributed by atoms with van der Waals surface area (Å²) in [6.07, 6.45) is 0.0460. The van der Waals surface area contributed by atoms with E-state index in [1.165, 1.54) is 0 Å². The van der Waals surface area contributed by atoms with Crippen molar-refractivity contribution in [1.82, 2.24) is 5.32 Å². The molecule has 2 N–H and O–H groups in total. The predicted molar refractivity (Wildman–Crippen MR) is 105 cm³/mol. The summed E-state index contributed by atoms with van der Waals surface area (Å²) < 4.78 is 9.98. The number of hydrogen-bond donors (Lipinski definition) is 2. The molecule has 0 unspecified atom stereocenters. The SMILES string of the molecule is COc1ccc(CC(=O)OCC(=O)NCC(=O)Nc2cccc(C)c2C)cc1. The summed E-state index contributed by atoms with van der Waals surface area (Å²) in [5.74, 6) is -0.735. The van der Waals surface area contributed by atoms with E-state index in [4.69, 9.17) is 9.47 Å². The minimum absolute atomic E-state index is 0.0460. The molecule has 0 spiro atoms. The van der Waals surface area contributed by atoms with E-state index in [0.29, 0.717) is 11.4 Å². The second-order valence-corrected chi connectivity index (χ2v) is 6.26. The molecule has 2 amide bonds. The van der Waals surface area contributed by atoms with E-state index in [0.717, 1.165) is 16.7 Å². The van der Waals surface area contributed by atoms with E-state index < -0.39 is 18.5 Å². The average molecular weight is 384 g/mol. The molecule has 0 aliphatic carbocycles. The van der Waals surface area contributed by atoms with Gasteiger partial charge in [-0.3, -0.25) is 14.4 Å². The standard InChI is InChI=1S/C21H24N2O5/c1-14-5-4-6-18(15(14)2)23-19(24)12-22-20(25)13-28-21(26)11-16-7-9-17(27-3)10-8-16/h4-10H,11-13H2,1-3H3,(H,22,25)(H,23,24). The lowest BCUT2D eigenvalue weighted by Gasteiger charge is -2.11. The number of nitrogens with one attached hydrogen (secondary N) is 2. The van der Waals surface area contributed by atoms with Crippen molar-refractivity contribution in [3.8, 4) is 5.75 Å². The fourth-order valence-electron chi connectivity index (χ4n) is 2.42. The van der Waals surface area contributed by atoms with E-state index in [-0.39, 0.29) is 18.9 Å². The van der Waals surface area contributed by atoms with Crippen LogP contribution in [0.15, 0.2) is 42.5 Å². The third kappa shape index (κ3) is 6.42. The second-order valence-electron chi connectivity index (χ2n) is 6.26. The number of ether oxygens (including phenoxy) is 2.